The van der Waals surface area contributed by atoms with E-state index in [2.05, 4.69) is 5.32 Å². The van der Waals surface area contributed by atoms with Gasteiger partial charge in [0.15, 0.2) is 11.5 Å². The van der Waals surface area contributed by atoms with E-state index in [1.54, 1.807) is 60.7 Å². The molecule has 6 nitrogen and oxygen atoms in total. The first-order chi connectivity index (χ1) is 15.4. The molecule has 3 rings (SSSR count). The van der Waals surface area contributed by atoms with E-state index < -0.39 is 5.97 Å². The first kappa shape index (κ1) is 23.7. The summed E-state index contributed by atoms with van der Waals surface area (Å²) < 4.78 is 16.3. The zero-order valence-corrected chi connectivity index (χ0v) is 19.1. The van der Waals surface area contributed by atoms with Crippen molar-refractivity contribution in [2.45, 2.75) is 6.42 Å². The molecule has 0 radical (unpaired) electrons. The van der Waals surface area contributed by atoms with Crippen molar-refractivity contribution in [2.75, 3.05) is 19.0 Å². The summed E-state index contributed by atoms with van der Waals surface area (Å²) in [7, 11) is 1.27. The lowest BCUT2D eigenvalue weighted by molar-refractivity contribution is -0.116. The molecule has 32 heavy (non-hydrogen) atoms. The highest BCUT2D eigenvalue weighted by atomic mass is 35.5. The van der Waals surface area contributed by atoms with Crippen LogP contribution < -0.4 is 14.8 Å². The van der Waals surface area contributed by atoms with Crippen LogP contribution in [0.3, 0.4) is 0 Å². The van der Waals surface area contributed by atoms with Crippen LogP contribution in [-0.2, 0) is 9.53 Å². The molecule has 0 fully saturated rings. The molecule has 9 heteroatoms. The number of ether oxygens (including phenoxy) is 3. The van der Waals surface area contributed by atoms with Crippen molar-refractivity contribution in [3.63, 3.8) is 0 Å². The van der Waals surface area contributed by atoms with Crippen molar-refractivity contribution in [1.82, 2.24) is 0 Å². The van der Waals surface area contributed by atoms with E-state index in [9.17, 15) is 9.59 Å². The van der Waals surface area contributed by atoms with Crippen molar-refractivity contribution < 1.29 is 23.8 Å². The lowest BCUT2D eigenvalue weighted by atomic mass is 10.1. The average Bonchev–Trinajstić information content (AvgIpc) is 2.77. The Morgan fingerprint density at radius 2 is 1.56 bits per heavy atom. The Labute approximate surface area is 199 Å². The van der Waals surface area contributed by atoms with E-state index >= 15 is 0 Å². The highest BCUT2D eigenvalue weighted by Crippen LogP contribution is 2.37. The van der Waals surface area contributed by atoms with Gasteiger partial charge in [-0.2, -0.15) is 0 Å². The Hall–Kier alpha value is -2.93. The maximum absolute atomic E-state index is 12.4. The smallest absolute Gasteiger partial charge is 0.339 e. The Bertz CT molecular complexity index is 1140. The Morgan fingerprint density at radius 1 is 0.875 bits per heavy atom. The average molecular weight is 495 g/mol. The van der Waals surface area contributed by atoms with E-state index in [-0.39, 0.29) is 24.5 Å². The molecule has 0 heterocycles. The largest absolute Gasteiger partial charge is 0.489 e. The molecular formula is C23H18Cl3NO5. The van der Waals surface area contributed by atoms with Crippen LogP contribution in [-0.4, -0.2) is 25.6 Å². The second kappa shape index (κ2) is 11.1. The molecule has 1 N–H and O–H groups in total. The van der Waals surface area contributed by atoms with Gasteiger partial charge in [0.1, 0.15) is 5.75 Å². The van der Waals surface area contributed by atoms with Gasteiger partial charge in [0.25, 0.3) is 0 Å². The molecule has 0 spiro atoms. The van der Waals surface area contributed by atoms with Crippen LogP contribution in [0.4, 0.5) is 5.69 Å². The molecule has 0 aliphatic rings. The minimum atomic E-state index is -0.543. The van der Waals surface area contributed by atoms with Crippen molar-refractivity contribution in [1.29, 1.82) is 0 Å². The summed E-state index contributed by atoms with van der Waals surface area (Å²) in [6, 6.07) is 16.3. The predicted molar refractivity (Wildman–Crippen MR) is 125 cm³/mol. The molecule has 0 bridgehead atoms. The van der Waals surface area contributed by atoms with E-state index in [0.29, 0.717) is 38.0 Å². The number of methoxy groups -OCH3 is 1. The molecule has 0 aliphatic carbocycles. The fourth-order valence-corrected chi connectivity index (χ4v) is 3.31. The van der Waals surface area contributed by atoms with Crippen LogP contribution in [0.15, 0.2) is 60.7 Å². The number of carbonyl (C=O) groups excluding carboxylic acids is 2. The van der Waals surface area contributed by atoms with Gasteiger partial charge >= 0.3 is 5.97 Å². The molecule has 1 amide bonds. The highest BCUT2D eigenvalue weighted by molar-refractivity contribution is 6.35. The predicted octanol–water partition coefficient (Wildman–Crippen LogP) is 6.63. The number of esters is 1. The van der Waals surface area contributed by atoms with Crippen LogP contribution in [0.25, 0.3) is 0 Å². The summed E-state index contributed by atoms with van der Waals surface area (Å²) in [6.45, 7) is 0.0390. The Kier molecular flexibility index (Phi) is 8.22. The van der Waals surface area contributed by atoms with Gasteiger partial charge < -0.3 is 19.5 Å². The third-order valence-electron chi connectivity index (χ3n) is 4.21. The number of hydrogen-bond acceptors (Lipinski definition) is 5. The minimum absolute atomic E-state index is 0.0170. The van der Waals surface area contributed by atoms with Crippen LogP contribution >= 0.6 is 34.8 Å². The monoisotopic (exact) mass is 493 g/mol. The topological polar surface area (TPSA) is 73.9 Å². The number of rotatable bonds is 8. The zero-order chi connectivity index (χ0) is 23.1. The number of halogens is 3. The van der Waals surface area contributed by atoms with E-state index in [1.165, 1.54) is 7.11 Å². The summed E-state index contributed by atoms with van der Waals surface area (Å²) in [5.74, 6) is 0.215. The highest BCUT2D eigenvalue weighted by Gasteiger charge is 2.14. The third kappa shape index (κ3) is 6.29. The number of para-hydroxylation sites is 1. The van der Waals surface area contributed by atoms with E-state index in [0.717, 1.165) is 0 Å². The van der Waals surface area contributed by atoms with Crippen LogP contribution in [0.2, 0.25) is 15.1 Å². The van der Waals surface area contributed by atoms with Crippen molar-refractivity contribution in [3.05, 3.63) is 81.3 Å². The minimum Gasteiger partial charge on any atom is -0.489 e. The lowest BCUT2D eigenvalue weighted by Gasteiger charge is -2.14. The molecule has 0 atom stereocenters. The number of carbonyl (C=O) groups is 2. The summed E-state index contributed by atoms with van der Waals surface area (Å²) >= 11 is 18.2. The summed E-state index contributed by atoms with van der Waals surface area (Å²) in [6.07, 6.45) is 0.0170. The third-order valence-corrected chi connectivity index (χ3v) is 4.98. The fraction of sp³-hybridized carbons (Fsp3) is 0.130. The van der Waals surface area contributed by atoms with Gasteiger partial charge in [-0.05, 0) is 42.5 Å². The van der Waals surface area contributed by atoms with Gasteiger partial charge in [0.05, 0.1) is 36.4 Å². The Balaban J connectivity index is 1.64. The van der Waals surface area contributed by atoms with Gasteiger partial charge in [-0.25, -0.2) is 4.79 Å². The SMILES string of the molecule is COC(=O)c1ccccc1NC(=O)CCOc1cc(Cl)ccc1Oc1ccc(Cl)cc1Cl. The first-order valence-corrected chi connectivity index (χ1v) is 10.5. The number of hydrogen-bond donors (Lipinski definition) is 1. The fourth-order valence-electron chi connectivity index (χ4n) is 2.70. The maximum atomic E-state index is 12.4. The van der Waals surface area contributed by atoms with Crippen LogP contribution in [0.5, 0.6) is 17.2 Å². The molecule has 166 valence electrons. The second-order valence-electron chi connectivity index (χ2n) is 6.45. The molecule has 3 aromatic carbocycles. The normalized spacial score (nSPS) is 10.4. The number of amides is 1. The van der Waals surface area contributed by atoms with E-state index in [1.807, 2.05) is 0 Å². The van der Waals surface area contributed by atoms with Gasteiger partial charge in [0, 0.05) is 16.1 Å². The van der Waals surface area contributed by atoms with Gasteiger partial charge in [-0.15, -0.1) is 0 Å². The summed E-state index contributed by atoms with van der Waals surface area (Å²) in [5, 5.41) is 3.94. The molecule has 0 aromatic heterocycles. The van der Waals surface area contributed by atoms with E-state index in [4.69, 9.17) is 49.0 Å². The first-order valence-electron chi connectivity index (χ1n) is 9.40. The Morgan fingerprint density at radius 3 is 2.28 bits per heavy atom. The van der Waals surface area contributed by atoms with Gasteiger partial charge in [0.2, 0.25) is 5.91 Å². The summed E-state index contributed by atoms with van der Waals surface area (Å²) in [5.41, 5.74) is 0.614. The quantitative estimate of drug-likeness (QED) is 0.356. The molecule has 0 saturated carbocycles. The molecular weight excluding hydrogens is 477 g/mol. The lowest BCUT2D eigenvalue weighted by Crippen LogP contribution is -2.17. The summed E-state index contributed by atoms with van der Waals surface area (Å²) in [4.78, 5) is 24.2. The molecule has 0 aliphatic heterocycles. The van der Waals surface area contributed by atoms with Crippen molar-refractivity contribution in [2.24, 2.45) is 0 Å². The molecule has 0 unspecified atom stereocenters. The number of nitrogens with one attached hydrogen (secondary N) is 1. The second-order valence-corrected chi connectivity index (χ2v) is 7.73. The van der Waals surface area contributed by atoms with Crippen LogP contribution in [0.1, 0.15) is 16.8 Å². The molecule has 3 aromatic rings. The van der Waals surface area contributed by atoms with Gasteiger partial charge in [-0.3, -0.25) is 4.79 Å². The number of benzene rings is 3. The zero-order valence-electron chi connectivity index (χ0n) is 16.9. The van der Waals surface area contributed by atoms with Crippen LogP contribution in [0, 0.1) is 0 Å². The van der Waals surface area contributed by atoms with Gasteiger partial charge in [-0.1, -0.05) is 46.9 Å². The standard InChI is InChI=1S/C23H18Cl3NO5/c1-30-23(29)16-4-2-3-5-18(16)27-22(28)10-11-31-21-13-15(25)7-9-20(21)32-19-8-6-14(24)12-17(19)26/h2-9,12-13H,10-11H2,1H3,(H,27,28). The van der Waals surface area contributed by atoms with Crippen molar-refractivity contribution >= 4 is 52.4 Å². The number of anilines is 1. The molecule has 0 saturated heterocycles. The van der Waals surface area contributed by atoms with Crippen molar-refractivity contribution in [3.8, 4) is 17.2 Å². The maximum Gasteiger partial charge on any atom is 0.339 e.